The molecule has 1 aromatic carbocycles. The third-order valence-electron chi connectivity index (χ3n) is 3.61. The zero-order valence-corrected chi connectivity index (χ0v) is 11.9. The molecule has 0 heterocycles. The summed E-state index contributed by atoms with van der Waals surface area (Å²) in [5, 5.41) is 13.6. The molecule has 0 aromatic heterocycles. The lowest BCUT2D eigenvalue weighted by molar-refractivity contribution is -0.386. The Morgan fingerprint density at radius 3 is 2.86 bits per heavy atom. The molecule has 7 heteroatoms. The normalized spacial score (nSPS) is 21.6. The monoisotopic (exact) mass is 293 g/mol. The predicted molar refractivity (Wildman–Crippen MR) is 77.3 cm³/mol. The van der Waals surface area contributed by atoms with E-state index in [9.17, 15) is 14.9 Å². The lowest BCUT2D eigenvalue weighted by atomic mass is 9.93. The number of nitrogens with two attached hydrogens (primary N) is 1. The van der Waals surface area contributed by atoms with Gasteiger partial charge in [-0.2, -0.15) is 0 Å². The van der Waals surface area contributed by atoms with Crippen LogP contribution in [-0.2, 0) is 0 Å². The largest absolute Gasteiger partial charge is 0.483 e. The van der Waals surface area contributed by atoms with Crippen molar-refractivity contribution in [3.63, 3.8) is 0 Å². The molecule has 0 spiro atoms. The zero-order valence-electron chi connectivity index (χ0n) is 11.9. The van der Waals surface area contributed by atoms with Gasteiger partial charge in [0.05, 0.1) is 4.92 Å². The molecular formula is C14H19N3O4. The highest BCUT2D eigenvalue weighted by Gasteiger charge is 2.25. The van der Waals surface area contributed by atoms with Gasteiger partial charge in [0.15, 0.2) is 5.75 Å². The molecule has 114 valence electrons. The Balaban J connectivity index is 2.25. The van der Waals surface area contributed by atoms with Crippen LogP contribution in [0.25, 0.3) is 0 Å². The van der Waals surface area contributed by atoms with E-state index in [-0.39, 0.29) is 29.5 Å². The Labute approximate surface area is 122 Å². The minimum absolute atomic E-state index is 0.0601. The van der Waals surface area contributed by atoms with Gasteiger partial charge in [0.1, 0.15) is 6.10 Å². The van der Waals surface area contributed by atoms with Crippen molar-refractivity contribution in [1.29, 1.82) is 0 Å². The van der Waals surface area contributed by atoms with Gasteiger partial charge >= 0.3 is 5.69 Å². The first-order valence-corrected chi connectivity index (χ1v) is 6.94. The van der Waals surface area contributed by atoms with Crippen molar-refractivity contribution >= 4 is 11.6 Å². The van der Waals surface area contributed by atoms with Crippen LogP contribution in [0.4, 0.5) is 5.69 Å². The van der Waals surface area contributed by atoms with Gasteiger partial charge < -0.3 is 15.8 Å². The molecule has 2 rings (SSSR count). The van der Waals surface area contributed by atoms with Crippen molar-refractivity contribution in [3.8, 4) is 5.75 Å². The SMILES string of the molecule is CNC(=O)c1ccc([N+](=O)[O-])c(OC2CCCC(N)C2)c1. The molecule has 2 atom stereocenters. The van der Waals surface area contributed by atoms with E-state index in [4.69, 9.17) is 10.5 Å². The van der Waals surface area contributed by atoms with Crippen molar-refractivity contribution in [2.75, 3.05) is 7.05 Å². The Bertz CT molecular complexity index is 547. The molecule has 0 radical (unpaired) electrons. The third kappa shape index (κ3) is 3.69. The number of ether oxygens (including phenoxy) is 1. The molecule has 2 unspecified atom stereocenters. The molecule has 3 N–H and O–H groups in total. The Morgan fingerprint density at radius 2 is 2.24 bits per heavy atom. The molecule has 0 aliphatic heterocycles. The quantitative estimate of drug-likeness (QED) is 0.647. The summed E-state index contributed by atoms with van der Waals surface area (Å²) in [6.07, 6.45) is 3.22. The van der Waals surface area contributed by atoms with Crippen molar-refractivity contribution in [1.82, 2.24) is 5.32 Å². The summed E-state index contributed by atoms with van der Waals surface area (Å²) >= 11 is 0. The number of amides is 1. The number of nitro groups is 1. The smallest absolute Gasteiger partial charge is 0.310 e. The molecule has 1 aliphatic carbocycles. The molecule has 1 fully saturated rings. The molecule has 0 bridgehead atoms. The van der Waals surface area contributed by atoms with Crippen LogP contribution in [0.1, 0.15) is 36.0 Å². The molecule has 21 heavy (non-hydrogen) atoms. The van der Waals surface area contributed by atoms with E-state index in [0.29, 0.717) is 12.0 Å². The van der Waals surface area contributed by atoms with E-state index >= 15 is 0 Å². The number of carbonyl (C=O) groups excluding carboxylic acids is 1. The van der Waals surface area contributed by atoms with Crippen molar-refractivity contribution in [2.24, 2.45) is 5.73 Å². The number of rotatable bonds is 4. The van der Waals surface area contributed by atoms with E-state index in [2.05, 4.69) is 5.32 Å². The minimum Gasteiger partial charge on any atom is -0.483 e. The Kier molecular flexibility index (Phi) is 4.74. The third-order valence-corrected chi connectivity index (χ3v) is 3.61. The fourth-order valence-corrected chi connectivity index (χ4v) is 2.51. The first kappa shape index (κ1) is 15.2. The molecule has 1 amide bonds. The van der Waals surface area contributed by atoms with Crippen molar-refractivity contribution < 1.29 is 14.5 Å². The number of hydrogen-bond donors (Lipinski definition) is 2. The predicted octanol–water partition coefficient (Wildman–Crippen LogP) is 1.60. The van der Waals surface area contributed by atoms with Crippen LogP contribution in [0.15, 0.2) is 18.2 Å². The van der Waals surface area contributed by atoms with E-state index in [1.807, 2.05) is 0 Å². The summed E-state index contributed by atoms with van der Waals surface area (Å²) < 4.78 is 5.75. The standard InChI is InChI=1S/C14H19N3O4/c1-16-14(18)9-5-6-12(17(19)20)13(7-9)21-11-4-2-3-10(15)8-11/h5-7,10-11H,2-4,8,15H2,1H3,(H,16,18). The van der Waals surface area contributed by atoms with E-state index < -0.39 is 4.92 Å². The maximum Gasteiger partial charge on any atom is 0.310 e. The number of nitrogens with one attached hydrogen (secondary N) is 1. The second-order valence-electron chi connectivity index (χ2n) is 5.19. The fourth-order valence-electron chi connectivity index (χ4n) is 2.51. The zero-order chi connectivity index (χ0) is 15.4. The van der Waals surface area contributed by atoms with Crippen LogP contribution in [0.3, 0.4) is 0 Å². The molecule has 7 nitrogen and oxygen atoms in total. The first-order chi connectivity index (χ1) is 10.0. The van der Waals surface area contributed by atoms with E-state index in [0.717, 1.165) is 19.3 Å². The van der Waals surface area contributed by atoms with Gasteiger partial charge in [-0.3, -0.25) is 14.9 Å². The number of hydrogen-bond acceptors (Lipinski definition) is 5. The summed E-state index contributed by atoms with van der Waals surface area (Å²) in [5.74, 6) is -0.185. The molecule has 0 saturated heterocycles. The number of nitrogens with zero attached hydrogens (tertiary/aromatic N) is 1. The lowest BCUT2D eigenvalue weighted by Crippen LogP contribution is -2.33. The Morgan fingerprint density at radius 1 is 1.48 bits per heavy atom. The number of carbonyl (C=O) groups is 1. The highest BCUT2D eigenvalue weighted by molar-refractivity contribution is 5.94. The Hall–Kier alpha value is -2.15. The van der Waals surface area contributed by atoms with E-state index in [1.165, 1.54) is 25.2 Å². The summed E-state index contributed by atoms with van der Waals surface area (Å²) in [5.41, 5.74) is 6.09. The second-order valence-corrected chi connectivity index (χ2v) is 5.19. The van der Waals surface area contributed by atoms with Gasteiger partial charge in [0.2, 0.25) is 0 Å². The molecular weight excluding hydrogens is 274 g/mol. The average molecular weight is 293 g/mol. The van der Waals surface area contributed by atoms with Crippen molar-refractivity contribution in [2.45, 2.75) is 37.8 Å². The lowest BCUT2D eigenvalue weighted by Gasteiger charge is -2.27. The maximum absolute atomic E-state index is 11.6. The fraction of sp³-hybridized carbons (Fsp3) is 0.500. The average Bonchev–Trinajstić information content (AvgIpc) is 2.46. The first-order valence-electron chi connectivity index (χ1n) is 6.94. The maximum atomic E-state index is 11.6. The topological polar surface area (TPSA) is 107 Å². The summed E-state index contributed by atoms with van der Waals surface area (Å²) in [6, 6.07) is 4.18. The van der Waals surface area contributed by atoms with Gasteiger partial charge in [-0.05, 0) is 31.7 Å². The van der Waals surface area contributed by atoms with Crippen LogP contribution < -0.4 is 15.8 Å². The molecule has 1 saturated carbocycles. The summed E-state index contributed by atoms with van der Waals surface area (Å²) in [7, 11) is 1.50. The van der Waals surface area contributed by atoms with Gasteiger partial charge in [-0.1, -0.05) is 0 Å². The highest BCUT2D eigenvalue weighted by atomic mass is 16.6. The van der Waals surface area contributed by atoms with Crippen LogP contribution >= 0.6 is 0 Å². The van der Waals surface area contributed by atoms with Gasteiger partial charge in [-0.15, -0.1) is 0 Å². The van der Waals surface area contributed by atoms with Gasteiger partial charge in [0.25, 0.3) is 5.91 Å². The highest BCUT2D eigenvalue weighted by Crippen LogP contribution is 2.31. The van der Waals surface area contributed by atoms with Crippen LogP contribution in [-0.4, -0.2) is 30.0 Å². The summed E-state index contributed by atoms with van der Waals surface area (Å²) in [6.45, 7) is 0. The molecule has 1 aromatic rings. The van der Waals surface area contributed by atoms with Crippen LogP contribution in [0, 0.1) is 10.1 Å². The minimum atomic E-state index is -0.508. The van der Waals surface area contributed by atoms with Crippen LogP contribution in [0.5, 0.6) is 5.75 Å². The van der Waals surface area contributed by atoms with Gasteiger partial charge in [0, 0.05) is 30.8 Å². The van der Waals surface area contributed by atoms with Crippen LogP contribution in [0.2, 0.25) is 0 Å². The van der Waals surface area contributed by atoms with E-state index in [1.54, 1.807) is 0 Å². The van der Waals surface area contributed by atoms with Gasteiger partial charge in [-0.25, -0.2) is 0 Å². The summed E-state index contributed by atoms with van der Waals surface area (Å²) in [4.78, 5) is 22.2. The number of nitro benzene ring substituents is 1. The number of benzene rings is 1. The van der Waals surface area contributed by atoms with Crippen molar-refractivity contribution in [3.05, 3.63) is 33.9 Å². The second kappa shape index (κ2) is 6.53. The molecule has 1 aliphatic rings.